The van der Waals surface area contributed by atoms with Gasteiger partial charge in [0.15, 0.2) is 9.84 Å². The molecule has 2 fully saturated rings. The molecule has 8 nitrogen and oxygen atoms in total. The van der Waals surface area contributed by atoms with Crippen molar-refractivity contribution in [3.05, 3.63) is 47.5 Å². The Labute approximate surface area is 168 Å². The first-order chi connectivity index (χ1) is 14.0. The number of benzene rings is 1. The second-order valence-electron chi connectivity index (χ2n) is 7.94. The Kier molecular flexibility index (Phi) is 4.42. The average molecular weight is 414 g/mol. The molecule has 1 saturated carbocycles. The molecule has 1 unspecified atom stereocenters. The molecule has 5 rings (SSSR count). The molecule has 0 bridgehead atoms. The zero-order valence-electron chi connectivity index (χ0n) is 16.0. The van der Waals surface area contributed by atoms with Crippen molar-refractivity contribution in [3.8, 4) is 0 Å². The lowest BCUT2D eigenvalue weighted by Crippen LogP contribution is -2.26. The third-order valence-electron chi connectivity index (χ3n) is 5.63. The number of amides is 1. The lowest BCUT2D eigenvalue weighted by Gasteiger charge is -2.12. The van der Waals surface area contributed by atoms with Crippen molar-refractivity contribution in [3.63, 3.8) is 0 Å². The molecule has 2 aromatic heterocycles. The van der Waals surface area contributed by atoms with E-state index in [1.54, 1.807) is 4.68 Å². The first-order valence-corrected chi connectivity index (χ1v) is 11.8. The highest BCUT2D eigenvalue weighted by molar-refractivity contribution is 7.91. The highest BCUT2D eigenvalue weighted by atomic mass is 32.2. The van der Waals surface area contributed by atoms with Gasteiger partial charge in [-0.2, -0.15) is 5.10 Å². The van der Waals surface area contributed by atoms with Crippen molar-refractivity contribution in [1.82, 2.24) is 25.1 Å². The number of hydrogen-bond donors (Lipinski definition) is 2. The average Bonchev–Trinajstić information content (AvgIpc) is 3.14. The maximum absolute atomic E-state index is 12.6. The number of sulfone groups is 1. The standard InChI is InChI=1S/C20H23N5O3S/c26-20(21-9-7-19-22-15-3-1-2-4-16(15)23-19)17-11-18(13-5-6-13)25(24-17)14-8-10-29(27,28)12-14/h1-4,11,13-14H,5-10,12H2,(H,21,26)(H,22,23). The summed E-state index contributed by atoms with van der Waals surface area (Å²) in [5.74, 6) is 1.29. The van der Waals surface area contributed by atoms with Crippen molar-refractivity contribution < 1.29 is 13.2 Å². The van der Waals surface area contributed by atoms with Crippen LogP contribution < -0.4 is 5.32 Å². The molecule has 0 radical (unpaired) electrons. The fourth-order valence-electron chi connectivity index (χ4n) is 3.97. The van der Waals surface area contributed by atoms with Crippen LogP contribution in [0.1, 0.15) is 53.2 Å². The van der Waals surface area contributed by atoms with Gasteiger partial charge in [0.25, 0.3) is 5.91 Å². The van der Waals surface area contributed by atoms with Crippen LogP contribution in [-0.4, -0.2) is 52.1 Å². The Hall–Kier alpha value is -2.68. The summed E-state index contributed by atoms with van der Waals surface area (Å²) in [5, 5.41) is 7.40. The normalized spacial score (nSPS) is 20.9. The van der Waals surface area contributed by atoms with Gasteiger partial charge in [-0.25, -0.2) is 13.4 Å². The van der Waals surface area contributed by atoms with Gasteiger partial charge in [0.2, 0.25) is 0 Å². The van der Waals surface area contributed by atoms with E-state index in [1.807, 2.05) is 30.3 Å². The molecule has 9 heteroatoms. The SMILES string of the molecule is O=C(NCCc1nc2ccccc2[nH]1)c1cc(C2CC2)n(C2CCS(=O)(=O)C2)n1. The first-order valence-electron chi connectivity index (χ1n) is 10.0. The molecule has 2 N–H and O–H groups in total. The van der Waals surface area contributed by atoms with E-state index >= 15 is 0 Å². The molecular weight excluding hydrogens is 390 g/mol. The van der Waals surface area contributed by atoms with Gasteiger partial charge in [-0.15, -0.1) is 0 Å². The summed E-state index contributed by atoms with van der Waals surface area (Å²) in [5.41, 5.74) is 3.25. The third kappa shape index (κ3) is 3.78. The molecule has 2 aliphatic rings. The Balaban J connectivity index is 1.26. The van der Waals surface area contributed by atoms with E-state index in [2.05, 4.69) is 20.4 Å². The van der Waals surface area contributed by atoms with E-state index in [0.29, 0.717) is 31.0 Å². The molecule has 29 heavy (non-hydrogen) atoms. The van der Waals surface area contributed by atoms with Crippen LogP contribution >= 0.6 is 0 Å². The van der Waals surface area contributed by atoms with Gasteiger partial charge in [-0.1, -0.05) is 12.1 Å². The van der Waals surface area contributed by atoms with E-state index in [-0.39, 0.29) is 23.5 Å². The van der Waals surface area contributed by atoms with E-state index < -0.39 is 9.84 Å². The number of H-pyrrole nitrogens is 1. The van der Waals surface area contributed by atoms with Crippen molar-refractivity contribution in [2.24, 2.45) is 0 Å². The lowest BCUT2D eigenvalue weighted by atomic mass is 10.2. The van der Waals surface area contributed by atoms with E-state index in [0.717, 1.165) is 35.4 Å². The molecule has 3 heterocycles. The maximum Gasteiger partial charge on any atom is 0.271 e. The van der Waals surface area contributed by atoms with Gasteiger partial charge in [-0.3, -0.25) is 9.48 Å². The topological polar surface area (TPSA) is 110 Å². The molecule has 1 aliphatic carbocycles. The number of hydrogen-bond acceptors (Lipinski definition) is 5. The van der Waals surface area contributed by atoms with Gasteiger partial charge in [0, 0.05) is 24.6 Å². The van der Waals surface area contributed by atoms with Crippen LogP contribution in [0, 0.1) is 0 Å². The molecular formula is C20H23N5O3S. The van der Waals surface area contributed by atoms with Crippen LogP contribution in [-0.2, 0) is 16.3 Å². The lowest BCUT2D eigenvalue weighted by molar-refractivity contribution is 0.0948. The van der Waals surface area contributed by atoms with Gasteiger partial charge < -0.3 is 10.3 Å². The van der Waals surface area contributed by atoms with Crippen LogP contribution in [0.2, 0.25) is 0 Å². The van der Waals surface area contributed by atoms with Crippen LogP contribution in [0.4, 0.5) is 0 Å². The molecule has 152 valence electrons. The van der Waals surface area contributed by atoms with Gasteiger partial charge in [-0.05, 0) is 37.5 Å². The van der Waals surface area contributed by atoms with E-state index in [1.165, 1.54) is 0 Å². The molecule has 3 aromatic rings. The second kappa shape index (κ2) is 6.98. The minimum absolute atomic E-state index is 0.113. The van der Waals surface area contributed by atoms with Crippen LogP contribution in [0.3, 0.4) is 0 Å². The molecule has 1 amide bonds. The van der Waals surface area contributed by atoms with Crippen LogP contribution in [0.15, 0.2) is 30.3 Å². The van der Waals surface area contributed by atoms with Crippen molar-refractivity contribution in [2.75, 3.05) is 18.1 Å². The number of para-hydroxylation sites is 2. The van der Waals surface area contributed by atoms with Crippen molar-refractivity contribution >= 4 is 26.8 Å². The summed E-state index contributed by atoms with van der Waals surface area (Å²) >= 11 is 0. The summed E-state index contributed by atoms with van der Waals surface area (Å²) in [4.78, 5) is 20.4. The number of rotatable bonds is 6. The largest absolute Gasteiger partial charge is 0.350 e. The summed E-state index contributed by atoms with van der Waals surface area (Å²) < 4.78 is 25.5. The second-order valence-corrected chi connectivity index (χ2v) is 10.2. The number of nitrogens with one attached hydrogen (secondary N) is 2. The fourth-order valence-corrected chi connectivity index (χ4v) is 5.67. The third-order valence-corrected chi connectivity index (χ3v) is 7.38. The predicted molar refractivity (Wildman–Crippen MR) is 109 cm³/mol. The minimum atomic E-state index is -3.00. The summed E-state index contributed by atoms with van der Waals surface area (Å²) in [6.45, 7) is 0.447. The Morgan fingerprint density at radius 2 is 2.07 bits per heavy atom. The number of carbonyl (C=O) groups excluding carboxylic acids is 1. The number of aromatic amines is 1. The summed E-state index contributed by atoms with van der Waals surface area (Å²) in [7, 11) is -3.00. The van der Waals surface area contributed by atoms with Crippen LogP contribution in [0.25, 0.3) is 11.0 Å². The Morgan fingerprint density at radius 3 is 2.79 bits per heavy atom. The molecule has 1 atom stereocenters. The van der Waals surface area contributed by atoms with Gasteiger partial charge in [0.1, 0.15) is 11.5 Å². The van der Waals surface area contributed by atoms with E-state index in [4.69, 9.17) is 0 Å². The first kappa shape index (κ1) is 18.4. The van der Waals surface area contributed by atoms with Gasteiger partial charge in [0.05, 0.1) is 28.6 Å². The molecule has 1 aliphatic heterocycles. The highest BCUT2D eigenvalue weighted by Crippen LogP contribution is 2.42. The number of carbonyl (C=O) groups is 1. The zero-order chi connectivity index (χ0) is 20.0. The quantitative estimate of drug-likeness (QED) is 0.642. The predicted octanol–water partition coefficient (Wildman–Crippen LogP) is 1.97. The number of imidazole rings is 1. The molecule has 1 saturated heterocycles. The van der Waals surface area contributed by atoms with Gasteiger partial charge >= 0.3 is 0 Å². The van der Waals surface area contributed by atoms with E-state index in [9.17, 15) is 13.2 Å². The van der Waals surface area contributed by atoms with Crippen molar-refractivity contribution in [2.45, 2.75) is 37.6 Å². The zero-order valence-corrected chi connectivity index (χ0v) is 16.8. The van der Waals surface area contributed by atoms with Crippen LogP contribution in [0.5, 0.6) is 0 Å². The summed E-state index contributed by atoms with van der Waals surface area (Å²) in [6.07, 6.45) is 3.30. The molecule has 0 spiro atoms. The smallest absolute Gasteiger partial charge is 0.271 e. The fraction of sp³-hybridized carbons (Fsp3) is 0.450. The summed E-state index contributed by atoms with van der Waals surface area (Å²) in [6, 6.07) is 9.49. The molecule has 1 aromatic carbocycles. The Morgan fingerprint density at radius 1 is 1.24 bits per heavy atom. The Bertz CT molecular complexity index is 1140. The number of nitrogens with zero attached hydrogens (tertiary/aromatic N) is 3. The monoisotopic (exact) mass is 413 g/mol. The number of aromatic nitrogens is 4. The minimum Gasteiger partial charge on any atom is -0.350 e. The van der Waals surface area contributed by atoms with Crippen molar-refractivity contribution in [1.29, 1.82) is 0 Å². The number of fused-ring (bicyclic) bond motifs is 1. The highest BCUT2D eigenvalue weighted by Gasteiger charge is 2.36. The maximum atomic E-state index is 12.6.